The van der Waals surface area contributed by atoms with E-state index in [-0.39, 0.29) is 11.3 Å². The molecule has 0 radical (unpaired) electrons. The second kappa shape index (κ2) is 5.06. The van der Waals surface area contributed by atoms with E-state index in [1.165, 1.54) is 6.42 Å². The second-order valence-electron chi connectivity index (χ2n) is 8.60. The molecular formula is C19H26N4O. The molecule has 1 amide bonds. The van der Waals surface area contributed by atoms with Crippen LogP contribution in [0.5, 0.6) is 0 Å². The number of amides is 1. The number of aromatic nitrogens is 2. The van der Waals surface area contributed by atoms with E-state index in [2.05, 4.69) is 37.9 Å². The molecule has 2 fully saturated rings. The maximum Gasteiger partial charge on any atom is 0.274 e. The first kappa shape index (κ1) is 15.6. The van der Waals surface area contributed by atoms with Crippen molar-refractivity contribution in [3.63, 3.8) is 0 Å². The van der Waals surface area contributed by atoms with Gasteiger partial charge in [0, 0.05) is 31.2 Å². The largest absolute Gasteiger partial charge is 0.336 e. The Balaban J connectivity index is 1.60. The van der Waals surface area contributed by atoms with E-state index in [0.717, 1.165) is 25.2 Å². The van der Waals surface area contributed by atoms with E-state index >= 15 is 0 Å². The number of rotatable bonds is 3. The van der Waals surface area contributed by atoms with Crippen molar-refractivity contribution in [2.45, 2.75) is 20.3 Å². The molecule has 2 aromatic rings. The molecule has 1 saturated carbocycles. The van der Waals surface area contributed by atoms with Crippen molar-refractivity contribution in [2.24, 2.45) is 16.7 Å². The second-order valence-corrected chi connectivity index (χ2v) is 8.60. The number of likely N-dealkylation sites (tertiary alicyclic amines) is 1. The van der Waals surface area contributed by atoms with Crippen LogP contribution in [0, 0.1) is 16.7 Å². The first-order valence-corrected chi connectivity index (χ1v) is 8.69. The van der Waals surface area contributed by atoms with Crippen molar-refractivity contribution < 1.29 is 4.79 Å². The van der Waals surface area contributed by atoms with Crippen LogP contribution in [0.1, 0.15) is 30.8 Å². The molecule has 1 aliphatic heterocycles. The summed E-state index contributed by atoms with van der Waals surface area (Å²) in [6.07, 6.45) is 3.08. The minimum Gasteiger partial charge on any atom is -0.336 e. The highest BCUT2D eigenvalue weighted by Crippen LogP contribution is 2.62. The van der Waals surface area contributed by atoms with E-state index < -0.39 is 0 Å². The Labute approximate surface area is 143 Å². The van der Waals surface area contributed by atoms with Gasteiger partial charge in [-0.1, -0.05) is 19.9 Å². The maximum absolute atomic E-state index is 13.0. The summed E-state index contributed by atoms with van der Waals surface area (Å²) in [5, 5.41) is 4.46. The number of carbonyl (C=O) groups excluding carboxylic acids is 1. The fourth-order valence-electron chi connectivity index (χ4n) is 5.33. The highest BCUT2D eigenvalue weighted by atomic mass is 16.2. The van der Waals surface area contributed by atoms with E-state index in [0.29, 0.717) is 17.0 Å². The molecule has 1 aliphatic carbocycles. The summed E-state index contributed by atoms with van der Waals surface area (Å²) in [4.78, 5) is 17.3. The van der Waals surface area contributed by atoms with Crippen LogP contribution in [-0.4, -0.2) is 59.1 Å². The number of pyridine rings is 1. The number of carbonyl (C=O) groups is 1. The van der Waals surface area contributed by atoms with Gasteiger partial charge in [-0.2, -0.15) is 5.10 Å². The first-order valence-electron chi connectivity index (χ1n) is 8.69. The Hall–Kier alpha value is -1.88. The molecule has 0 aromatic carbocycles. The van der Waals surface area contributed by atoms with Gasteiger partial charge in [-0.05, 0) is 50.0 Å². The van der Waals surface area contributed by atoms with Gasteiger partial charge < -0.3 is 9.80 Å². The summed E-state index contributed by atoms with van der Waals surface area (Å²) in [6.45, 7) is 7.44. The third-order valence-electron chi connectivity index (χ3n) is 5.91. The smallest absolute Gasteiger partial charge is 0.274 e. The topological polar surface area (TPSA) is 40.9 Å². The molecule has 3 heterocycles. The Morgan fingerprint density at radius 2 is 2.17 bits per heavy atom. The molecule has 1 saturated heterocycles. The van der Waals surface area contributed by atoms with Gasteiger partial charge in [0.1, 0.15) is 0 Å². The summed E-state index contributed by atoms with van der Waals surface area (Å²) in [5.74, 6) is 0.649. The van der Waals surface area contributed by atoms with E-state index in [1.54, 1.807) is 4.52 Å². The lowest BCUT2D eigenvalue weighted by Crippen LogP contribution is -2.57. The fraction of sp³-hybridized carbons (Fsp3) is 0.579. The van der Waals surface area contributed by atoms with Gasteiger partial charge in [0.25, 0.3) is 5.91 Å². The van der Waals surface area contributed by atoms with Crippen molar-refractivity contribution in [3.05, 3.63) is 36.2 Å². The zero-order valence-corrected chi connectivity index (χ0v) is 15.0. The third kappa shape index (κ3) is 2.25. The van der Waals surface area contributed by atoms with Crippen molar-refractivity contribution in [1.82, 2.24) is 19.4 Å². The molecule has 0 spiro atoms. The van der Waals surface area contributed by atoms with Crippen molar-refractivity contribution in [3.8, 4) is 0 Å². The number of fused-ring (bicyclic) bond motifs is 2. The van der Waals surface area contributed by atoms with Crippen LogP contribution >= 0.6 is 0 Å². The molecule has 24 heavy (non-hydrogen) atoms. The monoisotopic (exact) mass is 326 g/mol. The van der Waals surface area contributed by atoms with Gasteiger partial charge in [0.05, 0.1) is 5.52 Å². The Bertz CT molecular complexity index is 757. The fourth-order valence-corrected chi connectivity index (χ4v) is 5.33. The lowest BCUT2D eigenvalue weighted by atomic mass is 9.48. The Kier molecular flexibility index (Phi) is 3.29. The van der Waals surface area contributed by atoms with Crippen molar-refractivity contribution in [1.29, 1.82) is 0 Å². The first-order chi connectivity index (χ1) is 11.3. The minimum absolute atomic E-state index is 0.0713. The summed E-state index contributed by atoms with van der Waals surface area (Å²) < 4.78 is 1.78. The molecule has 0 unspecified atom stereocenters. The molecule has 0 bridgehead atoms. The third-order valence-corrected chi connectivity index (χ3v) is 5.91. The van der Waals surface area contributed by atoms with Crippen LogP contribution in [0.4, 0.5) is 0 Å². The Morgan fingerprint density at radius 1 is 1.38 bits per heavy atom. The molecule has 128 valence electrons. The summed E-state index contributed by atoms with van der Waals surface area (Å²) in [6, 6.07) is 7.77. The standard InChI is InChI=1S/C19H26N4O/c1-18(2)11-19(12-21(3)4)13-22(10-16(18)19)17(24)15-9-14-7-5-6-8-23(14)20-15/h5-9,16H,10-13H2,1-4H3/t16-,19+/m1/s1. The van der Waals surface area contributed by atoms with E-state index in [9.17, 15) is 4.79 Å². The lowest BCUT2D eigenvalue weighted by molar-refractivity contribution is -0.0789. The highest BCUT2D eigenvalue weighted by Gasteiger charge is 2.63. The van der Waals surface area contributed by atoms with Crippen LogP contribution in [0.3, 0.4) is 0 Å². The normalized spacial score (nSPS) is 28.2. The van der Waals surface area contributed by atoms with Gasteiger partial charge in [-0.25, -0.2) is 4.52 Å². The molecule has 0 N–H and O–H groups in total. The minimum atomic E-state index is 0.0713. The van der Waals surface area contributed by atoms with Crippen LogP contribution in [-0.2, 0) is 0 Å². The van der Waals surface area contributed by atoms with Crippen molar-refractivity contribution in [2.75, 3.05) is 33.7 Å². The van der Waals surface area contributed by atoms with Gasteiger partial charge in [-0.15, -0.1) is 0 Å². The van der Waals surface area contributed by atoms with Gasteiger partial charge >= 0.3 is 0 Å². The average Bonchev–Trinajstić information content (AvgIpc) is 3.05. The SMILES string of the molecule is CN(C)C[C@@]12CN(C(=O)c3cc4ccccn4n3)C[C@@H]1C(C)(C)C2. The zero-order chi connectivity index (χ0) is 17.1. The lowest BCUT2D eigenvalue weighted by Gasteiger charge is -2.57. The van der Waals surface area contributed by atoms with E-state index in [1.807, 2.05) is 35.4 Å². The van der Waals surface area contributed by atoms with Crippen LogP contribution in [0.25, 0.3) is 5.52 Å². The maximum atomic E-state index is 13.0. The number of hydrogen-bond acceptors (Lipinski definition) is 3. The van der Waals surface area contributed by atoms with Crippen molar-refractivity contribution >= 4 is 11.4 Å². The molecular weight excluding hydrogens is 300 g/mol. The Morgan fingerprint density at radius 3 is 2.83 bits per heavy atom. The van der Waals surface area contributed by atoms with Gasteiger partial charge in [0.15, 0.2) is 5.69 Å². The average molecular weight is 326 g/mol. The van der Waals surface area contributed by atoms with Gasteiger partial charge in [-0.3, -0.25) is 4.79 Å². The molecule has 5 heteroatoms. The quantitative estimate of drug-likeness (QED) is 0.869. The molecule has 5 nitrogen and oxygen atoms in total. The van der Waals surface area contributed by atoms with Crippen LogP contribution in [0.15, 0.2) is 30.5 Å². The molecule has 2 atom stereocenters. The summed E-state index contributed by atoms with van der Waals surface area (Å²) >= 11 is 0. The predicted octanol–water partition coefficient (Wildman–Crippen LogP) is 2.38. The molecule has 2 aliphatic rings. The number of hydrogen-bond donors (Lipinski definition) is 0. The zero-order valence-electron chi connectivity index (χ0n) is 15.0. The molecule has 2 aromatic heterocycles. The van der Waals surface area contributed by atoms with Crippen LogP contribution < -0.4 is 0 Å². The molecule has 4 rings (SSSR count). The van der Waals surface area contributed by atoms with Gasteiger partial charge in [0.2, 0.25) is 0 Å². The summed E-state index contributed by atoms with van der Waals surface area (Å²) in [5.41, 5.74) is 2.10. The van der Waals surface area contributed by atoms with E-state index in [4.69, 9.17) is 0 Å². The van der Waals surface area contributed by atoms with Crippen LogP contribution in [0.2, 0.25) is 0 Å². The predicted molar refractivity (Wildman–Crippen MR) is 94.0 cm³/mol. The summed E-state index contributed by atoms with van der Waals surface area (Å²) in [7, 11) is 4.26. The highest BCUT2D eigenvalue weighted by molar-refractivity contribution is 5.94. The number of nitrogens with zero attached hydrogens (tertiary/aromatic N) is 4.